The molecule has 8 heavy (non-hydrogen) atoms. The second kappa shape index (κ2) is 6.43. The van der Waals surface area contributed by atoms with Crippen molar-refractivity contribution < 1.29 is 4.84 Å². The lowest BCUT2D eigenvalue weighted by molar-refractivity contribution is 0.0440. The summed E-state index contributed by atoms with van der Waals surface area (Å²) in [5, 5.41) is 3.61. The normalized spacial score (nSPS) is 10.2. The Balaban J connectivity index is 2.72. The molecule has 1 N–H and O–H groups in total. The Morgan fingerprint density at radius 3 is 3.00 bits per heavy atom. The van der Waals surface area contributed by atoms with E-state index in [9.17, 15) is 0 Å². The van der Waals surface area contributed by atoms with Crippen LogP contribution in [0.4, 0.5) is 0 Å². The van der Waals surface area contributed by atoms with Crippen LogP contribution in [0.1, 0.15) is 20.3 Å². The molecule has 3 heteroatoms. The third-order valence-electron chi connectivity index (χ3n) is 0.553. The number of hydrazone groups is 1. The topological polar surface area (TPSA) is 33.6 Å². The van der Waals surface area contributed by atoms with Crippen molar-refractivity contribution in [3.63, 3.8) is 0 Å². The molecule has 3 nitrogen and oxygen atoms in total. The van der Waals surface area contributed by atoms with Gasteiger partial charge in [-0.2, -0.15) is 10.7 Å². The molecule has 0 aromatic carbocycles. The van der Waals surface area contributed by atoms with E-state index in [1.165, 1.54) is 0 Å². The Labute approximate surface area is 49.7 Å². The van der Waals surface area contributed by atoms with Crippen molar-refractivity contribution in [3.8, 4) is 0 Å². The fraction of sp³-hybridized carbons (Fsp3) is 0.800. The first-order chi connectivity index (χ1) is 3.91. The van der Waals surface area contributed by atoms with Gasteiger partial charge in [0, 0.05) is 6.21 Å². The van der Waals surface area contributed by atoms with Crippen molar-refractivity contribution in [2.24, 2.45) is 5.10 Å². The molecule has 0 aromatic rings. The van der Waals surface area contributed by atoms with Gasteiger partial charge in [0.05, 0.1) is 6.61 Å². The van der Waals surface area contributed by atoms with Crippen LogP contribution in [0.5, 0.6) is 0 Å². The summed E-state index contributed by atoms with van der Waals surface area (Å²) in [5.41, 5.74) is 2.41. The van der Waals surface area contributed by atoms with Crippen LogP contribution in [0.2, 0.25) is 0 Å². The average molecular weight is 116 g/mol. The molecule has 0 rings (SSSR count). The summed E-state index contributed by atoms with van der Waals surface area (Å²) in [6.45, 7) is 4.57. The smallest absolute Gasteiger partial charge is 0.0761 e. The summed E-state index contributed by atoms with van der Waals surface area (Å²) in [6.07, 6.45) is 2.64. The lowest BCUT2D eigenvalue weighted by Crippen LogP contribution is -2.06. The molecule has 0 saturated heterocycles. The van der Waals surface area contributed by atoms with E-state index in [4.69, 9.17) is 4.84 Å². The van der Waals surface area contributed by atoms with Crippen LogP contribution in [0.15, 0.2) is 5.10 Å². The zero-order chi connectivity index (χ0) is 6.24. The van der Waals surface area contributed by atoms with Crippen LogP contribution in [0.3, 0.4) is 0 Å². The van der Waals surface area contributed by atoms with Crippen LogP contribution < -0.4 is 5.59 Å². The Bertz CT molecular complexity index is 63.4. The first-order valence-corrected chi connectivity index (χ1v) is 2.76. The molecule has 0 aliphatic heterocycles. The van der Waals surface area contributed by atoms with Gasteiger partial charge in [0.2, 0.25) is 0 Å². The van der Waals surface area contributed by atoms with Gasteiger partial charge in [-0.05, 0) is 13.3 Å². The maximum absolute atomic E-state index is 4.78. The second-order valence-electron chi connectivity index (χ2n) is 1.33. The molecule has 0 amide bonds. The molecule has 0 unspecified atom stereocenters. The molecule has 0 saturated carbocycles. The van der Waals surface area contributed by atoms with E-state index in [2.05, 4.69) is 10.7 Å². The molecular formula is C5H12N2O. The lowest BCUT2D eigenvalue weighted by atomic mass is 10.5. The van der Waals surface area contributed by atoms with Gasteiger partial charge in [-0.3, -0.25) is 4.84 Å². The number of rotatable bonds is 4. The largest absolute Gasteiger partial charge is 0.259 e. The van der Waals surface area contributed by atoms with Gasteiger partial charge in [-0.1, -0.05) is 6.92 Å². The standard InChI is InChI=1S/C5H12N2O/c1-3-5-8-7-6-4-2/h4,7H,3,5H2,1-2H3/b6-4+. The predicted molar refractivity (Wildman–Crippen MR) is 33.5 cm³/mol. The third kappa shape index (κ3) is 5.43. The summed E-state index contributed by atoms with van der Waals surface area (Å²) in [5.74, 6) is 0. The molecule has 0 heterocycles. The molecule has 0 fully saturated rings. The summed E-state index contributed by atoms with van der Waals surface area (Å²) < 4.78 is 0. The Morgan fingerprint density at radius 2 is 2.50 bits per heavy atom. The van der Waals surface area contributed by atoms with Crippen molar-refractivity contribution in [1.29, 1.82) is 0 Å². The number of hydrogen-bond donors (Lipinski definition) is 1. The number of hydrogen-bond acceptors (Lipinski definition) is 3. The van der Waals surface area contributed by atoms with Gasteiger partial charge in [-0.15, -0.1) is 0 Å². The monoisotopic (exact) mass is 116 g/mol. The lowest BCUT2D eigenvalue weighted by Gasteiger charge is -1.95. The molecule has 48 valence electrons. The maximum Gasteiger partial charge on any atom is 0.0761 e. The fourth-order valence-corrected chi connectivity index (χ4v) is 0.238. The van der Waals surface area contributed by atoms with E-state index in [0.29, 0.717) is 6.61 Å². The van der Waals surface area contributed by atoms with Crippen LogP contribution in [-0.2, 0) is 4.84 Å². The van der Waals surface area contributed by atoms with E-state index in [0.717, 1.165) is 6.42 Å². The molecule has 0 radical (unpaired) electrons. The molecule has 0 aliphatic carbocycles. The highest BCUT2D eigenvalue weighted by Crippen LogP contribution is 1.73. The van der Waals surface area contributed by atoms with Gasteiger partial charge in [0.25, 0.3) is 0 Å². The van der Waals surface area contributed by atoms with Gasteiger partial charge >= 0.3 is 0 Å². The zero-order valence-electron chi connectivity index (χ0n) is 5.35. The first kappa shape index (κ1) is 7.43. The maximum atomic E-state index is 4.78. The van der Waals surface area contributed by atoms with Gasteiger partial charge in [-0.25, -0.2) is 0 Å². The Kier molecular flexibility index (Phi) is 5.97. The summed E-state index contributed by atoms with van der Waals surface area (Å²) >= 11 is 0. The van der Waals surface area contributed by atoms with E-state index in [-0.39, 0.29) is 0 Å². The summed E-state index contributed by atoms with van der Waals surface area (Å²) in [7, 11) is 0. The van der Waals surface area contributed by atoms with Crippen molar-refractivity contribution in [2.45, 2.75) is 20.3 Å². The zero-order valence-corrected chi connectivity index (χ0v) is 5.35. The van der Waals surface area contributed by atoms with Crippen molar-refractivity contribution in [1.82, 2.24) is 5.59 Å². The summed E-state index contributed by atoms with van der Waals surface area (Å²) in [6, 6.07) is 0. The highest BCUT2D eigenvalue weighted by molar-refractivity contribution is 5.52. The van der Waals surface area contributed by atoms with Crippen LogP contribution in [-0.4, -0.2) is 12.8 Å². The first-order valence-electron chi connectivity index (χ1n) is 2.76. The van der Waals surface area contributed by atoms with Crippen LogP contribution >= 0.6 is 0 Å². The minimum absolute atomic E-state index is 0.706. The third-order valence-corrected chi connectivity index (χ3v) is 0.553. The van der Waals surface area contributed by atoms with Gasteiger partial charge in [0.1, 0.15) is 0 Å². The highest BCUT2D eigenvalue weighted by atomic mass is 16.7. The predicted octanol–water partition coefficient (Wildman–Crippen LogP) is 0.923. The van der Waals surface area contributed by atoms with E-state index < -0.39 is 0 Å². The van der Waals surface area contributed by atoms with Gasteiger partial charge in [0.15, 0.2) is 0 Å². The fourth-order valence-electron chi connectivity index (χ4n) is 0.238. The van der Waals surface area contributed by atoms with Crippen molar-refractivity contribution in [3.05, 3.63) is 0 Å². The molecule has 0 aliphatic rings. The molecule has 0 spiro atoms. The molecule has 0 aromatic heterocycles. The molecule has 0 bridgehead atoms. The number of nitrogens with zero attached hydrogens (tertiary/aromatic N) is 1. The quantitative estimate of drug-likeness (QED) is 0.336. The Hall–Kier alpha value is -0.570. The SMILES string of the molecule is C/C=N/NOCCC. The second-order valence-corrected chi connectivity index (χ2v) is 1.33. The molecule has 0 atom stereocenters. The van der Waals surface area contributed by atoms with Crippen LogP contribution in [0.25, 0.3) is 0 Å². The van der Waals surface area contributed by atoms with Crippen molar-refractivity contribution >= 4 is 6.21 Å². The molecular weight excluding hydrogens is 104 g/mol. The average Bonchev–Trinajstić information content (AvgIpc) is 1.81. The Morgan fingerprint density at radius 1 is 1.75 bits per heavy atom. The van der Waals surface area contributed by atoms with E-state index in [1.807, 2.05) is 13.8 Å². The van der Waals surface area contributed by atoms with Crippen molar-refractivity contribution in [2.75, 3.05) is 6.61 Å². The highest BCUT2D eigenvalue weighted by Gasteiger charge is 1.74. The summed E-state index contributed by atoms with van der Waals surface area (Å²) in [4.78, 5) is 4.78. The minimum Gasteiger partial charge on any atom is -0.259 e. The number of nitrogens with one attached hydrogen (secondary N) is 1. The van der Waals surface area contributed by atoms with E-state index in [1.54, 1.807) is 6.21 Å². The van der Waals surface area contributed by atoms with Gasteiger partial charge < -0.3 is 0 Å². The van der Waals surface area contributed by atoms with E-state index >= 15 is 0 Å². The minimum atomic E-state index is 0.706. The van der Waals surface area contributed by atoms with Crippen LogP contribution in [0, 0.1) is 0 Å².